The summed E-state index contributed by atoms with van der Waals surface area (Å²) < 4.78 is 5.44. The Balaban J connectivity index is 1.54. The van der Waals surface area contributed by atoms with E-state index in [4.69, 9.17) is 4.74 Å². The molecule has 2 unspecified atom stereocenters. The molecule has 0 spiro atoms. The van der Waals surface area contributed by atoms with E-state index in [1.807, 2.05) is 97.1 Å². The van der Waals surface area contributed by atoms with Crippen LogP contribution in [0.3, 0.4) is 0 Å². The highest BCUT2D eigenvalue weighted by Crippen LogP contribution is 2.17. The van der Waals surface area contributed by atoms with Gasteiger partial charge in [0.2, 0.25) is 0 Å². The molecule has 2 atom stereocenters. The van der Waals surface area contributed by atoms with Crippen LogP contribution in [0.15, 0.2) is 121 Å². The van der Waals surface area contributed by atoms with Gasteiger partial charge in [-0.15, -0.1) is 0 Å². The van der Waals surface area contributed by atoms with Gasteiger partial charge >= 0.3 is 12.1 Å². The van der Waals surface area contributed by atoms with Gasteiger partial charge < -0.3 is 24.9 Å². The highest BCUT2D eigenvalue weighted by molar-refractivity contribution is 5.94. The van der Waals surface area contributed by atoms with Crippen molar-refractivity contribution in [3.63, 3.8) is 0 Å². The molecule has 8 nitrogen and oxygen atoms in total. The first-order valence-corrected chi connectivity index (χ1v) is 14.3. The lowest BCUT2D eigenvalue weighted by molar-refractivity contribution is -0.106. The molecule has 222 valence electrons. The van der Waals surface area contributed by atoms with Crippen molar-refractivity contribution in [2.24, 2.45) is 0 Å². The molecule has 0 saturated heterocycles. The second kappa shape index (κ2) is 16.5. The van der Waals surface area contributed by atoms with E-state index >= 15 is 0 Å². The molecule has 4 rings (SSSR count). The number of nitrogens with one attached hydrogen (secondary N) is 1. The largest absolute Gasteiger partial charge is 0.445 e. The minimum absolute atomic E-state index is 0.0790. The molecule has 0 fully saturated rings. The molecule has 0 bridgehead atoms. The van der Waals surface area contributed by atoms with Crippen molar-refractivity contribution in [2.45, 2.75) is 31.6 Å². The van der Waals surface area contributed by atoms with Gasteiger partial charge in [-0.3, -0.25) is 4.90 Å². The fourth-order valence-electron chi connectivity index (χ4n) is 4.74. The Hall–Kier alpha value is -4.95. The van der Waals surface area contributed by atoms with Gasteiger partial charge in [0.05, 0.1) is 25.2 Å². The van der Waals surface area contributed by atoms with Crippen LogP contribution in [0.25, 0.3) is 0 Å². The van der Waals surface area contributed by atoms with Crippen molar-refractivity contribution < 1.29 is 24.2 Å². The standard InChI is InChI=1S/C35H37N3O5/c39-24-23-38(31-19-11-4-12-20-31)35(42)37(22-21-28-13-5-1-6-14-28)26-33(40)32(25-29-15-7-2-8-16-29)36-34(41)43-27-30-17-9-3-10-18-30/h1-20,24,32-33,40H,21-23,25-27H2,(H,36,41). The van der Waals surface area contributed by atoms with E-state index in [9.17, 15) is 19.5 Å². The van der Waals surface area contributed by atoms with Crippen LogP contribution in [0, 0.1) is 0 Å². The van der Waals surface area contributed by atoms with Crippen molar-refractivity contribution in [1.29, 1.82) is 0 Å². The minimum Gasteiger partial charge on any atom is -0.445 e. The molecular formula is C35H37N3O5. The number of carbonyl (C=O) groups is 3. The molecule has 43 heavy (non-hydrogen) atoms. The molecule has 0 aromatic heterocycles. The van der Waals surface area contributed by atoms with E-state index in [-0.39, 0.29) is 19.7 Å². The summed E-state index contributed by atoms with van der Waals surface area (Å²) in [5.74, 6) is 0. The molecule has 2 N–H and O–H groups in total. The van der Waals surface area contributed by atoms with Gasteiger partial charge in [0.15, 0.2) is 0 Å². The van der Waals surface area contributed by atoms with Gasteiger partial charge in [0.25, 0.3) is 0 Å². The molecule has 4 aromatic rings. The number of rotatable bonds is 14. The van der Waals surface area contributed by atoms with Gasteiger partial charge in [-0.05, 0) is 41.7 Å². The van der Waals surface area contributed by atoms with Crippen molar-refractivity contribution in [2.75, 3.05) is 24.5 Å². The number of hydrogen-bond donors (Lipinski definition) is 2. The highest BCUT2D eigenvalue weighted by Gasteiger charge is 2.29. The molecule has 0 heterocycles. The number of carbonyl (C=O) groups excluding carboxylic acids is 3. The number of aldehydes is 1. The normalized spacial score (nSPS) is 12.0. The summed E-state index contributed by atoms with van der Waals surface area (Å²) in [7, 11) is 0. The summed E-state index contributed by atoms with van der Waals surface area (Å²) in [6, 6.07) is 36.3. The average Bonchev–Trinajstić information content (AvgIpc) is 3.05. The average molecular weight is 580 g/mol. The number of nitrogens with zero attached hydrogens (tertiary/aromatic N) is 2. The molecule has 8 heteroatoms. The lowest BCUT2D eigenvalue weighted by Gasteiger charge is -2.33. The zero-order chi connectivity index (χ0) is 30.3. The Labute approximate surface area is 252 Å². The first-order valence-electron chi connectivity index (χ1n) is 14.3. The monoisotopic (exact) mass is 579 g/mol. The summed E-state index contributed by atoms with van der Waals surface area (Å²) in [6.07, 6.45) is -0.270. The van der Waals surface area contributed by atoms with Gasteiger partial charge in [-0.1, -0.05) is 109 Å². The van der Waals surface area contributed by atoms with E-state index in [1.54, 1.807) is 24.3 Å². The Morgan fingerprint density at radius 3 is 1.88 bits per heavy atom. The van der Waals surface area contributed by atoms with Crippen LogP contribution >= 0.6 is 0 Å². The first-order chi connectivity index (χ1) is 21.0. The number of aliphatic hydroxyl groups excluding tert-OH is 1. The number of urea groups is 1. The minimum atomic E-state index is -1.14. The molecule has 0 aliphatic rings. The Morgan fingerprint density at radius 2 is 1.30 bits per heavy atom. The van der Waals surface area contributed by atoms with E-state index < -0.39 is 24.3 Å². The molecule has 4 aromatic carbocycles. The smallest absolute Gasteiger partial charge is 0.407 e. The molecular weight excluding hydrogens is 542 g/mol. The summed E-state index contributed by atoms with van der Waals surface area (Å²) in [4.78, 5) is 41.3. The van der Waals surface area contributed by atoms with Crippen molar-refractivity contribution >= 4 is 24.1 Å². The van der Waals surface area contributed by atoms with Crippen LogP contribution in [0.2, 0.25) is 0 Å². The van der Waals surface area contributed by atoms with Crippen molar-refractivity contribution in [1.82, 2.24) is 10.2 Å². The second-order valence-corrected chi connectivity index (χ2v) is 10.1. The Bertz CT molecular complexity index is 1400. The number of ether oxygens (including phenoxy) is 1. The first kappa shape index (κ1) is 31.0. The molecule has 0 saturated carbocycles. The fourth-order valence-corrected chi connectivity index (χ4v) is 4.74. The Kier molecular flexibility index (Phi) is 11.9. The highest BCUT2D eigenvalue weighted by atomic mass is 16.5. The molecule has 0 aliphatic carbocycles. The van der Waals surface area contributed by atoms with Crippen LogP contribution in [0.1, 0.15) is 16.7 Å². The number of hydrogen-bond acceptors (Lipinski definition) is 5. The second-order valence-electron chi connectivity index (χ2n) is 10.1. The van der Waals surface area contributed by atoms with Gasteiger partial charge in [0, 0.05) is 12.2 Å². The summed E-state index contributed by atoms with van der Waals surface area (Å²) >= 11 is 0. The molecule has 0 radical (unpaired) electrons. The maximum Gasteiger partial charge on any atom is 0.407 e. The van der Waals surface area contributed by atoms with E-state index in [2.05, 4.69) is 5.32 Å². The van der Waals surface area contributed by atoms with Crippen LogP contribution in [0.4, 0.5) is 15.3 Å². The van der Waals surface area contributed by atoms with E-state index in [0.717, 1.165) is 16.7 Å². The molecule has 0 aliphatic heterocycles. The maximum absolute atomic E-state index is 13.9. The zero-order valence-electron chi connectivity index (χ0n) is 24.0. The molecule has 3 amide bonds. The van der Waals surface area contributed by atoms with Crippen LogP contribution in [-0.4, -0.2) is 60.2 Å². The van der Waals surface area contributed by atoms with Gasteiger partial charge in [0.1, 0.15) is 12.9 Å². The number of benzene rings is 4. The third-order valence-corrected chi connectivity index (χ3v) is 7.03. The summed E-state index contributed by atoms with van der Waals surface area (Å²) in [6.45, 7) is 0.154. The number of alkyl carbamates (subject to hydrolysis) is 1. The van der Waals surface area contributed by atoms with Gasteiger partial charge in [-0.25, -0.2) is 9.59 Å². The fraction of sp³-hybridized carbons (Fsp3) is 0.229. The third-order valence-electron chi connectivity index (χ3n) is 7.03. The predicted molar refractivity (Wildman–Crippen MR) is 167 cm³/mol. The zero-order valence-corrected chi connectivity index (χ0v) is 24.0. The number of para-hydroxylation sites is 1. The summed E-state index contributed by atoms with van der Waals surface area (Å²) in [5.41, 5.74) is 3.35. The predicted octanol–water partition coefficient (Wildman–Crippen LogP) is 5.26. The van der Waals surface area contributed by atoms with Gasteiger partial charge in [-0.2, -0.15) is 0 Å². The van der Waals surface area contributed by atoms with E-state index in [1.165, 1.54) is 9.80 Å². The number of amides is 3. The van der Waals surface area contributed by atoms with Crippen molar-refractivity contribution in [3.8, 4) is 0 Å². The lowest BCUT2D eigenvalue weighted by Crippen LogP contribution is -2.53. The topological polar surface area (TPSA) is 99.2 Å². The Morgan fingerprint density at radius 1 is 0.767 bits per heavy atom. The third kappa shape index (κ3) is 9.83. The number of aliphatic hydroxyl groups is 1. The number of anilines is 1. The summed E-state index contributed by atoms with van der Waals surface area (Å²) in [5, 5.41) is 14.4. The van der Waals surface area contributed by atoms with Crippen LogP contribution in [0.5, 0.6) is 0 Å². The van der Waals surface area contributed by atoms with Crippen LogP contribution < -0.4 is 10.2 Å². The van der Waals surface area contributed by atoms with Crippen LogP contribution in [-0.2, 0) is 29.0 Å². The van der Waals surface area contributed by atoms with Crippen molar-refractivity contribution in [3.05, 3.63) is 138 Å². The van der Waals surface area contributed by atoms with E-state index in [0.29, 0.717) is 31.4 Å². The maximum atomic E-state index is 13.9. The SMILES string of the molecule is O=CCN(C(=O)N(CCc1ccccc1)CC(O)C(Cc1ccccc1)NC(=O)OCc1ccccc1)c1ccccc1. The lowest BCUT2D eigenvalue weighted by atomic mass is 10.0. The quantitative estimate of drug-likeness (QED) is 0.199.